The third-order valence-corrected chi connectivity index (χ3v) is 3.43. The SMILES string of the molecule is CC(C)(C)C(Cl)CCCc1ccccn1. The summed E-state index contributed by atoms with van der Waals surface area (Å²) >= 11 is 6.30. The number of hydrogen-bond acceptors (Lipinski definition) is 1. The summed E-state index contributed by atoms with van der Waals surface area (Å²) in [6.07, 6.45) is 5.04. The van der Waals surface area contributed by atoms with Crippen LogP contribution in [0.25, 0.3) is 0 Å². The molecular weight excluding hydrogens is 206 g/mol. The lowest BCUT2D eigenvalue weighted by Gasteiger charge is -2.24. The molecular formula is C13H20ClN. The molecule has 0 aliphatic heterocycles. The summed E-state index contributed by atoms with van der Waals surface area (Å²) < 4.78 is 0. The predicted octanol–water partition coefficient (Wildman–Crippen LogP) is 4.06. The van der Waals surface area contributed by atoms with Gasteiger partial charge in [0.05, 0.1) is 0 Å². The summed E-state index contributed by atoms with van der Waals surface area (Å²) in [5, 5.41) is 0.251. The van der Waals surface area contributed by atoms with Crippen molar-refractivity contribution >= 4 is 11.6 Å². The highest BCUT2D eigenvalue weighted by Crippen LogP contribution is 2.28. The quantitative estimate of drug-likeness (QED) is 0.705. The Kier molecular flexibility index (Phi) is 4.59. The largest absolute Gasteiger partial charge is 0.261 e. The van der Waals surface area contributed by atoms with E-state index < -0.39 is 0 Å². The van der Waals surface area contributed by atoms with Crippen LogP contribution in [-0.4, -0.2) is 10.4 Å². The molecule has 2 heteroatoms. The third-order valence-electron chi connectivity index (χ3n) is 2.56. The summed E-state index contributed by atoms with van der Waals surface area (Å²) in [5.41, 5.74) is 1.36. The second-order valence-electron chi connectivity index (χ2n) is 5.05. The molecule has 0 bridgehead atoms. The summed E-state index contributed by atoms with van der Waals surface area (Å²) in [5.74, 6) is 0. The Morgan fingerprint density at radius 3 is 2.60 bits per heavy atom. The van der Waals surface area contributed by atoms with E-state index in [1.165, 1.54) is 0 Å². The van der Waals surface area contributed by atoms with Crippen LogP contribution in [0.1, 0.15) is 39.3 Å². The van der Waals surface area contributed by atoms with Crippen molar-refractivity contribution in [3.63, 3.8) is 0 Å². The zero-order valence-electron chi connectivity index (χ0n) is 9.83. The van der Waals surface area contributed by atoms with E-state index >= 15 is 0 Å². The van der Waals surface area contributed by atoms with E-state index in [9.17, 15) is 0 Å². The van der Waals surface area contributed by atoms with E-state index in [1.54, 1.807) is 0 Å². The average Bonchev–Trinajstić information content (AvgIpc) is 2.18. The van der Waals surface area contributed by atoms with Gasteiger partial charge in [-0.25, -0.2) is 0 Å². The van der Waals surface area contributed by atoms with Crippen LogP contribution >= 0.6 is 11.6 Å². The Morgan fingerprint density at radius 2 is 2.07 bits per heavy atom. The van der Waals surface area contributed by atoms with Crippen LogP contribution in [0.4, 0.5) is 0 Å². The van der Waals surface area contributed by atoms with E-state index in [4.69, 9.17) is 11.6 Å². The van der Waals surface area contributed by atoms with Crippen molar-refractivity contribution in [3.05, 3.63) is 30.1 Å². The normalized spacial score (nSPS) is 13.9. The van der Waals surface area contributed by atoms with Crippen molar-refractivity contribution in [1.82, 2.24) is 4.98 Å². The van der Waals surface area contributed by atoms with Gasteiger partial charge in [0.25, 0.3) is 0 Å². The molecule has 0 radical (unpaired) electrons. The lowest BCUT2D eigenvalue weighted by Crippen LogP contribution is -2.20. The predicted molar refractivity (Wildman–Crippen MR) is 66.3 cm³/mol. The number of rotatable bonds is 4. The van der Waals surface area contributed by atoms with E-state index in [1.807, 2.05) is 18.3 Å². The number of pyridine rings is 1. The minimum Gasteiger partial charge on any atom is -0.261 e. The summed E-state index contributed by atoms with van der Waals surface area (Å²) in [4.78, 5) is 4.29. The van der Waals surface area contributed by atoms with Gasteiger partial charge >= 0.3 is 0 Å². The highest BCUT2D eigenvalue weighted by atomic mass is 35.5. The van der Waals surface area contributed by atoms with Gasteiger partial charge in [-0.15, -0.1) is 11.6 Å². The fraction of sp³-hybridized carbons (Fsp3) is 0.615. The molecule has 1 atom stereocenters. The summed E-state index contributed by atoms with van der Waals surface area (Å²) in [6, 6.07) is 6.05. The lowest BCUT2D eigenvalue weighted by molar-refractivity contribution is 0.368. The Hall–Kier alpha value is -0.560. The maximum absolute atomic E-state index is 6.30. The lowest BCUT2D eigenvalue weighted by atomic mass is 9.88. The second kappa shape index (κ2) is 5.50. The maximum atomic E-state index is 6.30. The minimum atomic E-state index is 0.200. The first kappa shape index (κ1) is 12.5. The Bertz CT molecular complexity index is 276. The highest BCUT2D eigenvalue weighted by molar-refractivity contribution is 6.21. The standard InChI is InChI=1S/C13H20ClN/c1-13(2,3)12(14)9-6-8-11-7-4-5-10-15-11/h4-5,7,10,12H,6,8-9H2,1-3H3. The van der Waals surface area contributed by atoms with E-state index in [2.05, 4.69) is 31.8 Å². The number of aryl methyl sites for hydroxylation is 1. The van der Waals surface area contributed by atoms with Crippen molar-refractivity contribution < 1.29 is 0 Å². The molecule has 1 unspecified atom stereocenters. The van der Waals surface area contributed by atoms with Crippen LogP contribution in [0.3, 0.4) is 0 Å². The number of aromatic nitrogens is 1. The van der Waals surface area contributed by atoms with Gasteiger partial charge in [0.1, 0.15) is 0 Å². The molecule has 0 aliphatic carbocycles. The van der Waals surface area contributed by atoms with Gasteiger partial charge in [0, 0.05) is 17.3 Å². The Balaban J connectivity index is 2.28. The average molecular weight is 226 g/mol. The Morgan fingerprint density at radius 1 is 1.33 bits per heavy atom. The molecule has 0 amide bonds. The van der Waals surface area contributed by atoms with Crippen molar-refractivity contribution in [2.45, 2.75) is 45.4 Å². The molecule has 84 valence electrons. The van der Waals surface area contributed by atoms with Crippen LogP contribution in [0.5, 0.6) is 0 Å². The fourth-order valence-electron chi connectivity index (χ4n) is 1.44. The monoisotopic (exact) mass is 225 g/mol. The second-order valence-corrected chi connectivity index (χ2v) is 5.57. The number of hydrogen-bond donors (Lipinski definition) is 0. The minimum absolute atomic E-state index is 0.200. The molecule has 1 rings (SSSR count). The van der Waals surface area contributed by atoms with Gasteiger partial charge in [0.15, 0.2) is 0 Å². The van der Waals surface area contributed by atoms with Gasteiger partial charge in [-0.3, -0.25) is 4.98 Å². The van der Waals surface area contributed by atoms with Gasteiger partial charge in [0.2, 0.25) is 0 Å². The molecule has 1 heterocycles. The molecule has 0 aliphatic rings. The van der Waals surface area contributed by atoms with Crippen molar-refractivity contribution in [2.75, 3.05) is 0 Å². The third kappa shape index (κ3) is 4.65. The smallest absolute Gasteiger partial charge is 0.0403 e. The summed E-state index contributed by atoms with van der Waals surface area (Å²) in [7, 11) is 0. The molecule has 0 saturated heterocycles. The first-order chi connectivity index (χ1) is 7.00. The first-order valence-electron chi connectivity index (χ1n) is 5.54. The molecule has 0 saturated carbocycles. The van der Waals surface area contributed by atoms with E-state index in [0.717, 1.165) is 25.0 Å². The topological polar surface area (TPSA) is 12.9 Å². The zero-order chi connectivity index (χ0) is 11.3. The maximum Gasteiger partial charge on any atom is 0.0403 e. The van der Waals surface area contributed by atoms with Gasteiger partial charge in [-0.2, -0.15) is 0 Å². The zero-order valence-corrected chi connectivity index (χ0v) is 10.6. The highest BCUT2D eigenvalue weighted by Gasteiger charge is 2.21. The fourth-order valence-corrected chi connectivity index (χ4v) is 1.60. The van der Waals surface area contributed by atoms with Gasteiger partial charge in [-0.05, 0) is 36.8 Å². The number of nitrogens with zero attached hydrogens (tertiary/aromatic N) is 1. The molecule has 0 N–H and O–H groups in total. The molecule has 1 nitrogen and oxygen atoms in total. The van der Waals surface area contributed by atoms with Gasteiger partial charge in [-0.1, -0.05) is 26.8 Å². The number of halogens is 1. The van der Waals surface area contributed by atoms with Crippen LogP contribution < -0.4 is 0 Å². The van der Waals surface area contributed by atoms with Gasteiger partial charge < -0.3 is 0 Å². The van der Waals surface area contributed by atoms with Crippen molar-refractivity contribution in [1.29, 1.82) is 0 Å². The first-order valence-corrected chi connectivity index (χ1v) is 5.98. The van der Waals surface area contributed by atoms with Crippen LogP contribution in [0, 0.1) is 5.41 Å². The molecule has 0 spiro atoms. The number of alkyl halides is 1. The van der Waals surface area contributed by atoms with E-state index in [-0.39, 0.29) is 10.8 Å². The molecule has 1 aromatic rings. The van der Waals surface area contributed by atoms with Crippen molar-refractivity contribution in [2.24, 2.45) is 5.41 Å². The molecule has 0 aromatic carbocycles. The molecule has 15 heavy (non-hydrogen) atoms. The molecule has 1 aromatic heterocycles. The summed E-state index contributed by atoms with van der Waals surface area (Å²) in [6.45, 7) is 6.56. The Labute approximate surface area is 97.9 Å². The van der Waals surface area contributed by atoms with E-state index in [0.29, 0.717) is 0 Å². The van der Waals surface area contributed by atoms with Crippen molar-refractivity contribution in [3.8, 4) is 0 Å². The van der Waals surface area contributed by atoms with Crippen LogP contribution in [0.15, 0.2) is 24.4 Å². The van der Waals surface area contributed by atoms with Crippen LogP contribution in [-0.2, 0) is 6.42 Å². The van der Waals surface area contributed by atoms with Crippen LogP contribution in [0.2, 0.25) is 0 Å². The molecule has 0 fully saturated rings.